The summed E-state index contributed by atoms with van der Waals surface area (Å²) in [5.74, 6) is -3.42. The van der Waals surface area contributed by atoms with Gasteiger partial charge in [-0.2, -0.15) is 0 Å². The quantitative estimate of drug-likeness (QED) is 0.121. The predicted molar refractivity (Wildman–Crippen MR) is 147 cm³/mol. The van der Waals surface area contributed by atoms with Gasteiger partial charge in [0.05, 0.1) is 13.2 Å². The molecule has 3 rings (SSSR count). The zero-order valence-corrected chi connectivity index (χ0v) is 24.5. The Kier molecular flexibility index (Phi) is 11.4. The van der Waals surface area contributed by atoms with Gasteiger partial charge in [0.2, 0.25) is 0 Å². The molecule has 3 aliphatic rings. The maximum Gasteiger partial charge on any atom is 0.320 e. The van der Waals surface area contributed by atoms with E-state index < -0.39 is 34.6 Å². The molecular weight excluding hydrogens is 480 g/mol. The SMILES string of the molecule is CCCCCCCCOC(=O)[C@@]12CC[C@@H](C)[C@@H]1C(=O)[C@]1(C(=O)OCCCCCCCC)CC[C@@H](C)[C@@H]1C2=O. The third kappa shape index (κ3) is 5.89. The minimum Gasteiger partial charge on any atom is -0.465 e. The fourth-order valence-corrected chi connectivity index (χ4v) is 7.61. The van der Waals surface area contributed by atoms with Gasteiger partial charge in [0, 0.05) is 11.8 Å². The normalized spacial score (nSPS) is 32.2. The molecule has 6 atom stereocenters. The first-order valence-corrected chi connectivity index (χ1v) is 15.7. The minimum atomic E-state index is -1.44. The zero-order valence-electron chi connectivity index (χ0n) is 24.5. The number of hydrogen-bond donors (Lipinski definition) is 0. The summed E-state index contributed by atoms with van der Waals surface area (Å²) in [5.41, 5.74) is -2.88. The molecule has 0 N–H and O–H groups in total. The number of ketones is 2. The number of Topliss-reactive ketones (excluding diaryl/α,β-unsaturated/α-hetero) is 2. The summed E-state index contributed by atoms with van der Waals surface area (Å²) in [4.78, 5) is 55.8. The van der Waals surface area contributed by atoms with Gasteiger partial charge in [-0.25, -0.2) is 0 Å². The first-order chi connectivity index (χ1) is 18.3. The summed E-state index contributed by atoms with van der Waals surface area (Å²) in [5, 5.41) is 0. The van der Waals surface area contributed by atoms with Crippen LogP contribution in [0.3, 0.4) is 0 Å². The summed E-state index contributed by atoms with van der Waals surface area (Å²) >= 11 is 0. The fourth-order valence-electron chi connectivity index (χ4n) is 7.61. The topological polar surface area (TPSA) is 86.7 Å². The van der Waals surface area contributed by atoms with E-state index in [9.17, 15) is 19.2 Å². The molecule has 0 aromatic rings. The lowest BCUT2D eigenvalue weighted by Gasteiger charge is -2.47. The van der Waals surface area contributed by atoms with Gasteiger partial charge >= 0.3 is 11.9 Å². The molecule has 6 nitrogen and oxygen atoms in total. The maximum absolute atomic E-state index is 14.3. The van der Waals surface area contributed by atoms with E-state index in [1.807, 2.05) is 13.8 Å². The molecule has 0 unspecified atom stereocenters. The van der Waals surface area contributed by atoms with Gasteiger partial charge in [-0.3, -0.25) is 19.2 Å². The molecule has 0 saturated heterocycles. The monoisotopic (exact) mass is 532 g/mol. The van der Waals surface area contributed by atoms with Crippen LogP contribution in [0.25, 0.3) is 0 Å². The fraction of sp³-hybridized carbons (Fsp3) is 0.875. The molecule has 0 radical (unpaired) electrons. The van der Waals surface area contributed by atoms with Crippen LogP contribution in [-0.2, 0) is 28.7 Å². The first-order valence-electron chi connectivity index (χ1n) is 15.7. The molecule has 0 aromatic heterocycles. The van der Waals surface area contributed by atoms with E-state index in [-0.39, 0.29) is 36.6 Å². The Morgan fingerprint density at radius 2 is 0.974 bits per heavy atom. The summed E-state index contributed by atoms with van der Waals surface area (Å²) in [6.07, 6.45) is 14.8. The Labute approximate surface area is 230 Å². The zero-order chi connectivity index (χ0) is 27.8. The minimum absolute atomic E-state index is 0.145. The predicted octanol–water partition coefficient (Wildman–Crippen LogP) is 7.01. The Bertz CT molecular complexity index is 768. The molecule has 3 aliphatic carbocycles. The van der Waals surface area contributed by atoms with Crippen LogP contribution in [-0.4, -0.2) is 36.7 Å². The smallest absolute Gasteiger partial charge is 0.320 e. The van der Waals surface area contributed by atoms with Gasteiger partial charge in [-0.1, -0.05) is 91.9 Å². The molecule has 0 heterocycles. The second kappa shape index (κ2) is 14.1. The lowest BCUT2D eigenvalue weighted by molar-refractivity contribution is -0.186. The summed E-state index contributed by atoms with van der Waals surface area (Å²) in [6.45, 7) is 8.79. The Balaban J connectivity index is 1.72. The number of carbonyl (C=O) groups is 4. The van der Waals surface area contributed by atoms with E-state index in [2.05, 4.69) is 13.8 Å². The van der Waals surface area contributed by atoms with Crippen molar-refractivity contribution in [3.8, 4) is 0 Å². The second-order valence-electron chi connectivity index (χ2n) is 12.5. The molecule has 0 amide bonds. The van der Waals surface area contributed by atoms with Gasteiger partial charge in [-0.15, -0.1) is 0 Å². The van der Waals surface area contributed by atoms with E-state index in [4.69, 9.17) is 9.47 Å². The van der Waals surface area contributed by atoms with Crippen LogP contribution in [0.1, 0.15) is 130 Å². The van der Waals surface area contributed by atoms with Crippen LogP contribution in [0.2, 0.25) is 0 Å². The first kappa shape index (κ1) is 30.8. The molecule has 0 spiro atoms. The van der Waals surface area contributed by atoms with Gasteiger partial charge in [-0.05, 0) is 50.4 Å². The van der Waals surface area contributed by atoms with Crippen LogP contribution >= 0.6 is 0 Å². The second-order valence-corrected chi connectivity index (χ2v) is 12.5. The molecule has 38 heavy (non-hydrogen) atoms. The number of ether oxygens (including phenoxy) is 2. The molecule has 0 bridgehead atoms. The molecule has 216 valence electrons. The number of fused-ring (bicyclic) bond motifs is 2. The van der Waals surface area contributed by atoms with Crippen molar-refractivity contribution in [1.82, 2.24) is 0 Å². The van der Waals surface area contributed by atoms with Crippen LogP contribution in [0, 0.1) is 34.5 Å². The third-order valence-electron chi connectivity index (χ3n) is 9.82. The molecule has 6 heteroatoms. The average Bonchev–Trinajstić information content (AvgIpc) is 3.45. The Morgan fingerprint density at radius 3 is 1.34 bits per heavy atom. The van der Waals surface area contributed by atoms with E-state index in [0.717, 1.165) is 38.5 Å². The highest BCUT2D eigenvalue weighted by molar-refractivity contribution is 6.21. The van der Waals surface area contributed by atoms with Gasteiger partial charge in [0.15, 0.2) is 11.6 Å². The largest absolute Gasteiger partial charge is 0.465 e. The lowest BCUT2D eigenvalue weighted by atomic mass is 9.51. The number of rotatable bonds is 16. The van der Waals surface area contributed by atoms with Crippen molar-refractivity contribution >= 4 is 23.5 Å². The van der Waals surface area contributed by atoms with Gasteiger partial charge in [0.1, 0.15) is 10.8 Å². The molecule has 3 saturated carbocycles. The number of esters is 2. The van der Waals surface area contributed by atoms with Crippen LogP contribution in [0.15, 0.2) is 0 Å². The third-order valence-corrected chi connectivity index (χ3v) is 9.82. The highest BCUT2D eigenvalue weighted by Crippen LogP contribution is 2.63. The Morgan fingerprint density at radius 1 is 0.632 bits per heavy atom. The summed E-state index contributed by atoms with van der Waals surface area (Å²) in [7, 11) is 0. The van der Waals surface area contributed by atoms with E-state index in [1.165, 1.54) is 38.5 Å². The van der Waals surface area contributed by atoms with Crippen molar-refractivity contribution in [3.05, 3.63) is 0 Å². The van der Waals surface area contributed by atoms with Crippen molar-refractivity contribution in [2.75, 3.05) is 13.2 Å². The van der Waals surface area contributed by atoms with Gasteiger partial charge in [0.25, 0.3) is 0 Å². The number of hydrogen-bond acceptors (Lipinski definition) is 6. The van der Waals surface area contributed by atoms with Crippen LogP contribution < -0.4 is 0 Å². The van der Waals surface area contributed by atoms with Crippen molar-refractivity contribution < 1.29 is 28.7 Å². The number of unbranched alkanes of at least 4 members (excludes halogenated alkanes) is 10. The average molecular weight is 533 g/mol. The van der Waals surface area contributed by atoms with Crippen molar-refractivity contribution in [1.29, 1.82) is 0 Å². The molecule has 3 fully saturated rings. The van der Waals surface area contributed by atoms with Crippen molar-refractivity contribution in [2.45, 2.75) is 130 Å². The molecule has 0 aliphatic heterocycles. The highest BCUT2D eigenvalue weighted by Gasteiger charge is 2.76. The lowest BCUT2D eigenvalue weighted by Crippen LogP contribution is -2.64. The van der Waals surface area contributed by atoms with E-state index >= 15 is 0 Å². The highest BCUT2D eigenvalue weighted by atomic mass is 16.5. The Hall–Kier alpha value is -1.72. The molecule has 0 aromatic carbocycles. The summed E-state index contributed by atoms with van der Waals surface area (Å²) < 4.78 is 11.5. The van der Waals surface area contributed by atoms with Crippen molar-refractivity contribution in [2.24, 2.45) is 34.5 Å². The summed E-state index contributed by atoms with van der Waals surface area (Å²) in [6, 6.07) is 0. The standard InChI is InChI=1S/C32H52O6/c1-5-7-9-11-13-15-21-37-29(35)31-19-17-23(3)25(31)28(34)32(20-18-24(4)26(32)27(31)33)30(36)38-22-16-14-12-10-8-6-2/h23-26H,5-22H2,1-4H3/t23-,24-,25-,26-,31+,32+/m1/s1. The molecular formula is C32H52O6. The van der Waals surface area contributed by atoms with Crippen molar-refractivity contribution in [3.63, 3.8) is 0 Å². The number of carbonyl (C=O) groups excluding carboxylic acids is 4. The van der Waals surface area contributed by atoms with Crippen LogP contribution in [0.4, 0.5) is 0 Å². The van der Waals surface area contributed by atoms with Gasteiger partial charge < -0.3 is 9.47 Å². The van der Waals surface area contributed by atoms with Crippen LogP contribution in [0.5, 0.6) is 0 Å². The maximum atomic E-state index is 14.3. The van der Waals surface area contributed by atoms with E-state index in [1.54, 1.807) is 0 Å². The van der Waals surface area contributed by atoms with E-state index in [0.29, 0.717) is 25.7 Å².